The molecule has 0 saturated carbocycles. The third-order valence-electron chi connectivity index (χ3n) is 4.95. The molecule has 3 aromatic rings. The molecule has 0 aliphatic carbocycles. The lowest BCUT2D eigenvalue weighted by Gasteiger charge is -2.21. The van der Waals surface area contributed by atoms with Gasteiger partial charge in [0.05, 0.1) is 6.54 Å². The molecule has 0 fully saturated rings. The number of fused-ring (bicyclic) bond motifs is 1. The fourth-order valence-corrected chi connectivity index (χ4v) is 4.32. The first kappa shape index (κ1) is 22.6. The summed E-state index contributed by atoms with van der Waals surface area (Å²) in [6.45, 7) is 3.62. The summed E-state index contributed by atoms with van der Waals surface area (Å²) in [5.74, 6) is 0.874. The molecule has 3 rings (SSSR count). The molecule has 0 radical (unpaired) electrons. The topological polar surface area (TPSA) is 113 Å². The van der Waals surface area contributed by atoms with E-state index in [9.17, 15) is 15.0 Å². The second-order valence-corrected chi connectivity index (χ2v) is 8.22. The van der Waals surface area contributed by atoms with Crippen molar-refractivity contribution >= 4 is 39.4 Å². The lowest BCUT2D eigenvalue weighted by molar-refractivity contribution is -0.116. The molecule has 2 aromatic carbocycles. The lowest BCUT2D eigenvalue weighted by Crippen LogP contribution is -2.22. The van der Waals surface area contributed by atoms with E-state index in [4.69, 9.17) is 5.73 Å². The van der Waals surface area contributed by atoms with Gasteiger partial charge in [-0.3, -0.25) is 4.79 Å². The minimum atomic E-state index is -0.106. The first-order valence-electron chi connectivity index (χ1n) is 9.81. The normalized spacial score (nSPS) is 12.8. The number of allylic oxidation sites excluding steroid dienone is 1. The Balaban J connectivity index is 2.00. The van der Waals surface area contributed by atoms with E-state index in [-0.39, 0.29) is 18.2 Å². The number of thiol groups is 1. The minimum absolute atomic E-state index is 0.106. The van der Waals surface area contributed by atoms with E-state index in [2.05, 4.69) is 9.97 Å². The van der Waals surface area contributed by atoms with Gasteiger partial charge in [0.25, 0.3) is 0 Å². The summed E-state index contributed by atoms with van der Waals surface area (Å²) >= 11 is 0.520. The van der Waals surface area contributed by atoms with Gasteiger partial charge >= 0.3 is 0 Å². The Morgan fingerprint density at radius 3 is 2.68 bits per heavy atom. The van der Waals surface area contributed by atoms with E-state index in [1.807, 2.05) is 42.5 Å². The fraction of sp³-hybridized carbons (Fsp3) is 0.217. The summed E-state index contributed by atoms with van der Waals surface area (Å²) in [4.78, 5) is 22.3. The zero-order valence-corrected chi connectivity index (χ0v) is 18.4. The van der Waals surface area contributed by atoms with Gasteiger partial charge < -0.3 is 20.8 Å². The summed E-state index contributed by atoms with van der Waals surface area (Å²) in [5.41, 5.74) is 7.95. The van der Waals surface area contributed by atoms with Crippen molar-refractivity contribution in [2.24, 2.45) is 0 Å². The van der Waals surface area contributed by atoms with Gasteiger partial charge in [0.15, 0.2) is 0 Å². The number of hydrogen-bond acceptors (Lipinski definition) is 5. The Morgan fingerprint density at radius 2 is 1.97 bits per heavy atom. The molecule has 1 heterocycles. The molecule has 31 heavy (non-hydrogen) atoms. The largest absolute Gasteiger partial charge is 0.396 e. The van der Waals surface area contributed by atoms with Crippen molar-refractivity contribution in [1.29, 1.82) is 0 Å². The van der Waals surface area contributed by atoms with Crippen LogP contribution in [0.5, 0.6) is 0 Å². The number of hydrogen-bond donors (Lipinski definition) is 4. The van der Waals surface area contributed by atoms with Crippen LogP contribution in [-0.4, -0.2) is 43.1 Å². The van der Waals surface area contributed by atoms with Crippen LogP contribution in [0.25, 0.3) is 10.8 Å². The Hall–Kier alpha value is -3.07. The molecule has 0 atom stereocenters. The number of nitrogens with zero attached hydrogens (tertiary/aromatic N) is 3. The molecule has 0 unspecified atom stereocenters. The predicted octanol–water partition coefficient (Wildman–Crippen LogP) is 3.29. The smallest absolute Gasteiger partial charge is 0.214 e. The highest BCUT2D eigenvalue weighted by Crippen LogP contribution is 2.26. The summed E-state index contributed by atoms with van der Waals surface area (Å²) < 4.78 is 0. The molecule has 1 amide bonds. The van der Waals surface area contributed by atoms with Crippen molar-refractivity contribution in [2.75, 3.05) is 12.3 Å². The monoisotopic (exact) mass is 438 g/mol. The van der Waals surface area contributed by atoms with Crippen LogP contribution in [0.1, 0.15) is 30.3 Å². The molecule has 4 N–H and O–H groups in total. The maximum absolute atomic E-state index is 11.8. The maximum atomic E-state index is 11.8. The van der Waals surface area contributed by atoms with Gasteiger partial charge in [0.2, 0.25) is 6.41 Å². The number of anilines is 1. The highest BCUT2D eigenvalue weighted by molar-refractivity contribution is 8.02. The first-order valence-corrected chi connectivity index (χ1v) is 10.7. The Bertz CT molecular complexity index is 1160. The van der Waals surface area contributed by atoms with Gasteiger partial charge in [-0.15, -0.1) is 11.4 Å². The summed E-state index contributed by atoms with van der Waals surface area (Å²) in [6.07, 6.45) is 2.62. The molecule has 0 spiro atoms. The molecular formula is C23H26N4O3S. The fourth-order valence-electron chi connectivity index (χ4n) is 3.25. The van der Waals surface area contributed by atoms with Gasteiger partial charge in [-0.1, -0.05) is 42.5 Å². The SMILES string of the molecule is C/C(=C(CCO)/[SH]=C(\O)c1cccc2ccccc12)N(C=O)Cc1cnc(C)nc1N. The molecule has 0 aliphatic heterocycles. The van der Waals surface area contributed by atoms with Crippen molar-refractivity contribution in [1.82, 2.24) is 14.9 Å². The highest BCUT2D eigenvalue weighted by atomic mass is 32.1. The second kappa shape index (κ2) is 10.3. The average molecular weight is 439 g/mol. The van der Waals surface area contributed by atoms with Crippen LogP contribution in [0.15, 0.2) is 59.3 Å². The number of aryl methyl sites for hydroxylation is 1. The van der Waals surface area contributed by atoms with E-state index in [0.29, 0.717) is 47.1 Å². The van der Waals surface area contributed by atoms with Crippen molar-refractivity contribution in [3.63, 3.8) is 0 Å². The van der Waals surface area contributed by atoms with Gasteiger partial charge in [0, 0.05) is 41.0 Å². The number of rotatable bonds is 8. The number of carbonyl (C=O) groups excluding carboxylic acids is 1. The zero-order chi connectivity index (χ0) is 22.4. The van der Waals surface area contributed by atoms with Crippen LogP contribution in [0.2, 0.25) is 0 Å². The van der Waals surface area contributed by atoms with Crippen LogP contribution in [0, 0.1) is 6.92 Å². The molecular weight excluding hydrogens is 412 g/mol. The number of nitrogen functional groups attached to an aromatic ring is 1. The number of aliphatic hydroxyl groups is 2. The maximum Gasteiger partial charge on any atom is 0.214 e. The van der Waals surface area contributed by atoms with Gasteiger partial charge in [-0.2, -0.15) is 0 Å². The molecule has 0 saturated heterocycles. The lowest BCUT2D eigenvalue weighted by atomic mass is 10.1. The highest BCUT2D eigenvalue weighted by Gasteiger charge is 2.14. The van der Waals surface area contributed by atoms with Crippen LogP contribution < -0.4 is 5.73 Å². The van der Waals surface area contributed by atoms with Crippen molar-refractivity contribution in [2.45, 2.75) is 26.8 Å². The molecule has 1 aromatic heterocycles. The van der Waals surface area contributed by atoms with Crippen molar-refractivity contribution < 1.29 is 15.0 Å². The number of aromatic nitrogens is 2. The number of amides is 1. The predicted molar refractivity (Wildman–Crippen MR) is 127 cm³/mol. The molecule has 162 valence electrons. The summed E-state index contributed by atoms with van der Waals surface area (Å²) in [7, 11) is 0. The Kier molecular flexibility index (Phi) is 7.51. The Labute approximate surface area is 184 Å². The van der Waals surface area contributed by atoms with E-state index >= 15 is 0 Å². The standard InChI is InChI=1S/C23H26N4O3S/c1-15(27(14-29)13-18-12-25-16(2)26-22(18)24)21(10-11-28)31-23(30)20-9-5-7-17-6-3-4-8-19(17)20/h3-9,12,14,28,30-31H,10-11,13H2,1-2H3,(H2,24,25,26)/b21-15-. The van der Waals surface area contributed by atoms with Crippen LogP contribution >= 0.6 is 11.4 Å². The zero-order valence-electron chi connectivity index (χ0n) is 17.5. The molecule has 0 bridgehead atoms. The molecule has 7 nitrogen and oxygen atoms in total. The second-order valence-electron chi connectivity index (χ2n) is 7.03. The van der Waals surface area contributed by atoms with Crippen molar-refractivity contribution in [3.05, 3.63) is 76.2 Å². The Morgan fingerprint density at radius 1 is 1.23 bits per heavy atom. The number of benzene rings is 2. The average Bonchev–Trinajstić information content (AvgIpc) is 2.77. The van der Waals surface area contributed by atoms with Crippen molar-refractivity contribution in [3.8, 4) is 0 Å². The third-order valence-corrected chi connectivity index (χ3v) is 6.22. The first-order chi connectivity index (χ1) is 14.9. The van der Waals surface area contributed by atoms with E-state index in [0.717, 1.165) is 21.2 Å². The summed E-state index contributed by atoms with van der Waals surface area (Å²) in [6, 6.07) is 13.6. The number of carbonyl (C=O) groups is 1. The summed E-state index contributed by atoms with van der Waals surface area (Å²) in [5, 5.41) is 22.6. The molecule has 0 aliphatic rings. The van der Waals surface area contributed by atoms with Crippen LogP contribution in [-0.2, 0) is 11.3 Å². The molecule has 8 heteroatoms. The van der Waals surface area contributed by atoms with Crippen LogP contribution in [0.4, 0.5) is 5.82 Å². The third kappa shape index (κ3) is 5.35. The van der Waals surface area contributed by atoms with Crippen LogP contribution in [0.3, 0.4) is 0 Å². The van der Waals surface area contributed by atoms with Gasteiger partial charge in [-0.05, 0) is 24.6 Å². The van der Waals surface area contributed by atoms with Gasteiger partial charge in [-0.25, -0.2) is 9.97 Å². The quantitative estimate of drug-likeness (QED) is 0.244. The van der Waals surface area contributed by atoms with E-state index in [1.54, 1.807) is 20.0 Å². The number of aliphatic hydroxyl groups excluding tert-OH is 2. The van der Waals surface area contributed by atoms with E-state index in [1.165, 1.54) is 4.90 Å². The van der Waals surface area contributed by atoms with Gasteiger partial charge in [0.1, 0.15) is 16.7 Å². The number of nitrogens with two attached hydrogens (primary N) is 1. The minimum Gasteiger partial charge on any atom is -0.396 e. The van der Waals surface area contributed by atoms with E-state index < -0.39 is 0 Å².